The molecule has 14 heteroatoms. The minimum Gasteiger partial charge on any atom is -0.394 e. The van der Waals surface area contributed by atoms with E-state index in [0.29, 0.717) is 18.5 Å². The summed E-state index contributed by atoms with van der Waals surface area (Å²) < 4.78 is 56.1. The topological polar surface area (TPSA) is 120 Å². The summed E-state index contributed by atoms with van der Waals surface area (Å²) >= 11 is 5.64. The van der Waals surface area contributed by atoms with Crippen LogP contribution >= 0.6 is 11.6 Å². The summed E-state index contributed by atoms with van der Waals surface area (Å²) in [5.74, 6) is -2.38. The summed E-state index contributed by atoms with van der Waals surface area (Å²) in [6.07, 6.45) is -0.486. The molecule has 1 aliphatic heterocycles. The molecule has 194 valence electrons. The molecule has 1 aliphatic carbocycles. The number of nitrogens with zero attached hydrogens (tertiary/aromatic N) is 6. The van der Waals surface area contributed by atoms with E-state index in [1.807, 2.05) is 0 Å². The summed E-state index contributed by atoms with van der Waals surface area (Å²) in [5.41, 5.74) is 0.426. The van der Waals surface area contributed by atoms with E-state index in [0.717, 1.165) is 0 Å². The van der Waals surface area contributed by atoms with E-state index in [2.05, 4.69) is 20.6 Å². The van der Waals surface area contributed by atoms with Gasteiger partial charge in [-0.1, -0.05) is 22.0 Å². The minimum absolute atomic E-state index is 0.0170. The Bertz CT molecular complexity index is 1220. The van der Waals surface area contributed by atoms with E-state index in [-0.39, 0.29) is 28.7 Å². The number of ether oxygens (including phenoxy) is 2. The normalized spacial score (nSPS) is 30.4. The molecular formula is C22H24ClF3N6O4. The lowest BCUT2D eigenvalue weighted by Crippen LogP contribution is -2.57. The van der Waals surface area contributed by atoms with Crippen LogP contribution in [0, 0.1) is 11.6 Å². The van der Waals surface area contributed by atoms with Crippen molar-refractivity contribution >= 4 is 11.6 Å². The molecule has 2 N–H and O–H groups in total. The quantitative estimate of drug-likeness (QED) is 0.447. The summed E-state index contributed by atoms with van der Waals surface area (Å²) in [7, 11) is 1.43. The smallest absolute Gasteiger partial charge is 0.178 e. The molecule has 5 rings (SSSR count). The molecule has 0 spiro atoms. The second-order valence-corrected chi connectivity index (χ2v) is 9.41. The molecule has 0 amide bonds. The van der Waals surface area contributed by atoms with E-state index < -0.39 is 54.9 Å². The number of alkyl halides is 1. The second-order valence-electron chi connectivity index (χ2n) is 9.00. The van der Waals surface area contributed by atoms with Crippen LogP contribution in [0.4, 0.5) is 13.2 Å². The Morgan fingerprint density at radius 3 is 2.56 bits per heavy atom. The van der Waals surface area contributed by atoms with Crippen LogP contribution in [0.5, 0.6) is 0 Å². The maximum absolute atomic E-state index is 14.5. The highest BCUT2D eigenvalue weighted by molar-refractivity contribution is 6.30. The fourth-order valence-corrected chi connectivity index (χ4v) is 4.87. The molecule has 10 nitrogen and oxygen atoms in total. The first-order chi connectivity index (χ1) is 17.3. The number of aliphatic hydroxyl groups is 2. The highest BCUT2D eigenvalue weighted by Crippen LogP contribution is 2.36. The van der Waals surface area contributed by atoms with Gasteiger partial charge in [-0.05, 0) is 12.1 Å². The van der Waals surface area contributed by atoms with E-state index in [4.69, 9.17) is 21.1 Å². The maximum atomic E-state index is 14.5. The number of hydrogen-bond acceptors (Lipinski definition) is 8. The first-order valence-electron chi connectivity index (χ1n) is 11.4. The number of halogens is 4. The van der Waals surface area contributed by atoms with Gasteiger partial charge in [0.15, 0.2) is 11.6 Å². The first kappa shape index (κ1) is 25.1. The number of aliphatic hydroxyl groups excluding tert-OH is 2. The Morgan fingerprint density at radius 2 is 1.86 bits per heavy atom. The van der Waals surface area contributed by atoms with Crippen LogP contribution in [0.1, 0.15) is 30.6 Å². The van der Waals surface area contributed by atoms with E-state index in [9.17, 15) is 23.4 Å². The number of rotatable bonds is 7. The standard InChI is InChI=1S/C22H24ClF3N6O4/c1-35-22-16(6-11-7-31(29-27-11)12-4-10(24)5-12)36-17(9-33)21(34)20(22)32-8-15(28-30-32)13-2-3-14(23)19(26)18(13)25/h2-3,7-8,10,12,16-17,20-22,33-34H,4-6,9H2,1H3/t10?,12?,16-,17-,20+,21+,22+/m1/s1. The molecule has 0 unspecified atom stereocenters. The van der Waals surface area contributed by atoms with Crippen molar-refractivity contribution in [3.63, 3.8) is 0 Å². The van der Waals surface area contributed by atoms with E-state index in [1.165, 1.54) is 30.1 Å². The summed E-state index contributed by atoms with van der Waals surface area (Å²) in [5, 5.41) is 36.6. The lowest BCUT2D eigenvalue weighted by atomic mass is 9.90. The van der Waals surface area contributed by atoms with Crippen molar-refractivity contribution in [3.05, 3.63) is 46.9 Å². The summed E-state index contributed by atoms with van der Waals surface area (Å²) in [6, 6.07) is 1.55. The van der Waals surface area contributed by atoms with Crippen LogP contribution in [0.25, 0.3) is 11.3 Å². The van der Waals surface area contributed by atoms with Crippen molar-refractivity contribution in [1.29, 1.82) is 0 Å². The molecule has 1 saturated heterocycles. The molecule has 0 bridgehead atoms. The average molecular weight is 529 g/mol. The molecule has 2 aliphatic rings. The van der Waals surface area contributed by atoms with Gasteiger partial charge in [0.25, 0.3) is 0 Å². The molecule has 1 aromatic carbocycles. The lowest BCUT2D eigenvalue weighted by Gasteiger charge is -2.43. The molecule has 0 radical (unpaired) electrons. The number of benzene rings is 1. The van der Waals surface area contributed by atoms with Gasteiger partial charge in [-0.2, -0.15) is 0 Å². The van der Waals surface area contributed by atoms with Crippen molar-refractivity contribution in [2.24, 2.45) is 0 Å². The lowest BCUT2D eigenvalue weighted by molar-refractivity contribution is -0.212. The zero-order valence-electron chi connectivity index (χ0n) is 19.1. The third-order valence-corrected chi connectivity index (χ3v) is 7.05. The van der Waals surface area contributed by atoms with Gasteiger partial charge in [-0.15, -0.1) is 10.2 Å². The van der Waals surface area contributed by atoms with E-state index >= 15 is 0 Å². The average Bonchev–Trinajstić information content (AvgIpc) is 3.51. The van der Waals surface area contributed by atoms with Crippen molar-refractivity contribution in [1.82, 2.24) is 30.0 Å². The summed E-state index contributed by atoms with van der Waals surface area (Å²) in [6.45, 7) is -0.490. The second kappa shape index (κ2) is 10.1. The van der Waals surface area contributed by atoms with Crippen LogP contribution in [-0.2, 0) is 15.9 Å². The molecule has 2 aromatic heterocycles. The molecule has 36 heavy (non-hydrogen) atoms. The predicted molar refractivity (Wildman–Crippen MR) is 119 cm³/mol. The highest BCUT2D eigenvalue weighted by atomic mass is 35.5. The molecule has 3 heterocycles. The van der Waals surface area contributed by atoms with Gasteiger partial charge in [0.2, 0.25) is 0 Å². The first-order valence-corrected chi connectivity index (χ1v) is 11.8. The Balaban J connectivity index is 1.41. The van der Waals surface area contributed by atoms with Crippen LogP contribution in [0.3, 0.4) is 0 Å². The zero-order valence-corrected chi connectivity index (χ0v) is 19.8. The monoisotopic (exact) mass is 528 g/mol. The third kappa shape index (κ3) is 4.50. The molecular weight excluding hydrogens is 505 g/mol. The Labute approximate surface area is 208 Å². The fraction of sp³-hybridized carbons (Fsp3) is 0.545. The minimum atomic E-state index is -1.26. The van der Waals surface area contributed by atoms with Crippen LogP contribution in [0.15, 0.2) is 24.5 Å². The molecule has 3 aromatic rings. The van der Waals surface area contributed by atoms with Gasteiger partial charge in [-0.25, -0.2) is 22.5 Å². The van der Waals surface area contributed by atoms with Crippen LogP contribution in [0.2, 0.25) is 5.02 Å². The van der Waals surface area contributed by atoms with E-state index in [1.54, 1.807) is 10.9 Å². The number of methoxy groups -OCH3 is 1. The van der Waals surface area contributed by atoms with Gasteiger partial charge in [0.1, 0.15) is 36.2 Å². The Morgan fingerprint density at radius 1 is 1.11 bits per heavy atom. The predicted octanol–water partition coefficient (Wildman–Crippen LogP) is 2.06. The van der Waals surface area contributed by atoms with Crippen LogP contribution < -0.4 is 0 Å². The van der Waals surface area contributed by atoms with Crippen LogP contribution in [-0.4, -0.2) is 84.5 Å². The SMILES string of the molecule is CO[C@@H]1[C@@H](n2cc(-c3ccc(Cl)c(F)c3F)nn2)[C@@H](O)[C@@H](CO)O[C@@H]1Cc1cn(C2CC(F)C2)nn1. The van der Waals surface area contributed by atoms with Gasteiger partial charge < -0.3 is 19.7 Å². The number of aromatic nitrogens is 6. The zero-order chi connectivity index (χ0) is 25.6. The fourth-order valence-electron chi connectivity index (χ4n) is 4.73. The van der Waals surface area contributed by atoms with Crippen molar-refractivity contribution in [3.8, 4) is 11.3 Å². The van der Waals surface area contributed by atoms with Gasteiger partial charge >= 0.3 is 0 Å². The largest absolute Gasteiger partial charge is 0.394 e. The highest BCUT2D eigenvalue weighted by Gasteiger charge is 2.47. The molecule has 5 atom stereocenters. The maximum Gasteiger partial charge on any atom is 0.178 e. The van der Waals surface area contributed by atoms with Gasteiger partial charge in [0.05, 0.1) is 35.7 Å². The van der Waals surface area contributed by atoms with Gasteiger partial charge in [0, 0.05) is 38.1 Å². The van der Waals surface area contributed by atoms with Gasteiger partial charge in [-0.3, -0.25) is 0 Å². The number of hydrogen-bond donors (Lipinski definition) is 2. The molecule has 1 saturated carbocycles. The Kier molecular flexibility index (Phi) is 7.01. The van der Waals surface area contributed by atoms with Crippen molar-refractivity contribution in [2.45, 2.75) is 61.9 Å². The summed E-state index contributed by atoms with van der Waals surface area (Å²) in [4.78, 5) is 0. The molecule has 2 fully saturated rings. The third-order valence-electron chi connectivity index (χ3n) is 6.76. The Hall–Kier alpha value is -2.58. The van der Waals surface area contributed by atoms with Crippen molar-refractivity contribution in [2.75, 3.05) is 13.7 Å². The van der Waals surface area contributed by atoms with Crippen molar-refractivity contribution < 1.29 is 32.9 Å².